The maximum atomic E-state index is 11.9. The number of methoxy groups -OCH3 is 1. The van der Waals surface area contributed by atoms with Crippen molar-refractivity contribution in [2.75, 3.05) is 24.7 Å². The first-order chi connectivity index (χ1) is 9.69. The highest BCUT2D eigenvalue weighted by Crippen LogP contribution is 2.26. The third-order valence-electron chi connectivity index (χ3n) is 2.73. The lowest BCUT2D eigenvalue weighted by Crippen LogP contribution is -2.09. The van der Waals surface area contributed by atoms with Crippen molar-refractivity contribution in [2.45, 2.75) is 19.8 Å². The lowest BCUT2D eigenvalue weighted by molar-refractivity contribution is 0.0603. The molecule has 0 saturated carbocycles. The van der Waals surface area contributed by atoms with E-state index in [1.807, 2.05) is 5.38 Å². The summed E-state index contributed by atoms with van der Waals surface area (Å²) in [5, 5.41) is 9.86. The van der Waals surface area contributed by atoms with Gasteiger partial charge in [0.25, 0.3) is 0 Å². The zero-order chi connectivity index (χ0) is 14.5. The summed E-state index contributed by atoms with van der Waals surface area (Å²) in [6, 6.07) is 0. The Kier molecular flexibility index (Phi) is 4.57. The predicted molar refractivity (Wildman–Crippen MR) is 78.4 cm³/mol. The number of carbonyl (C=O) groups excluding carboxylic acids is 1. The molecule has 0 aliphatic rings. The molecule has 0 aliphatic heterocycles. The van der Waals surface area contributed by atoms with Gasteiger partial charge in [-0.25, -0.2) is 9.78 Å². The van der Waals surface area contributed by atoms with Gasteiger partial charge in [0.2, 0.25) is 5.13 Å². The Balaban J connectivity index is 2.38. The average molecular weight is 295 g/mol. The maximum absolute atomic E-state index is 11.9. The monoisotopic (exact) mass is 295 g/mol. The van der Waals surface area contributed by atoms with Crippen molar-refractivity contribution < 1.29 is 9.53 Å². The molecular weight excluding hydrogens is 278 g/mol. The Morgan fingerprint density at radius 1 is 1.60 bits per heavy atom. The summed E-state index contributed by atoms with van der Waals surface area (Å²) in [5.74, 6) is 0.146. The molecule has 3 N–H and O–H groups in total. The summed E-state index contributed by atoms with van der Waals surface area (Å²) in [5.41, 5.74) is 6.25. The van der Waals surface area contributed by atoms with Crippen LogP contribution in [0.25, 0.3) is 5.13 Å². The van der Waals surface area contributed by atoms with Crippen LogP contribution in [0.2, 0.25) is 0 Å². The molecule has 0 aliphatic carbocycles. The van der Waals surface area contributed by atoms with Gasteiger partial charge in [-0.2, -0.15) is 4.68 Å². The van der Waals surface area contributed by atoms with Crippen molar-refractivity contribution in [1.82, 2.24) is 14.8 Å². The number of aromatic nitrogens is 3. The Morgan fingerprint density at radius 3 is 3.00 bits per heavy atom. The maximum Gasteiger partial charge on any atom is 0.345 e. The largest absolute Gasteiger partial charge is 0.465 e. The van der Waals surface area contributed by atoms with E-state index in [1.54, 1.807) is 6.20 Å². The van der Waals surface area contributed by atoms with E-state index in [0.717, 1.165) is 19.4 Å². The van der Waals surface area contributed by atoms with Crippen molar-refractivity contribution in [3.63, 3.8) is 0 Å². The van der Waals surface area contributed by atoms with Crippen molar-refractivity contribution in [3.05, 3.63) is 17.1 Å². The summed E-state index contributed by atoms with van der Waals surface area (Å²) in [7, 11) is 1.32. The number of hydrogen-bond acceptors (Lipinski definition) is 7. The number of hydrogen-bond donors (Lipinski definition) is 2. The fourth-order valence-corrected chi connectivity index (χ4v) is 2.31. The molecular formula is C12H17N5O2S. The Morgan fingerprint density at radius 2 is 2.40 bits per heavy atom. The van der Waals surface area contributed by atoms with Crippen LogP contribution in [0.3, 0.4) is 0 Å². The van der Waals surface area contributed by atoms with Gasteiger partial charge in [0.05, 0.1) is 7.11 Å². The van der Waals surface area contributed by atoms with Crippen molar-refractivity contribution in [2.24, 2.45) is 0 Å². The van der Waals surface area contributed by atoms with E-state index in [1.165, 1.54) is 23.1 Å². The van der Waals surface area contributed by atoms with Crippen LogP contribution in [0.15, 0.2) is 11.6 Å². The highest BCUT2D eigenvalue weighted by molar-refractivity contribution is 7.12. The molecule has 2 rings (SSSR count). The summed E-state index contributed by atoms with van der Waals surface area (Å²) in [6.07, 6.45) is 3.68. The van der Waals surface area contributed by atoms with Gasteiger partial charge in [0.1, 0.15) is 11.4 Å². The number of nitrogens with two attached hydrogens (primary N) is 1. The zero-order valence-electron chi connectivity index (χ0n) is 11.4. The lowest BCUT2D eigenvalue weighted by Gasteiger charge is -2.03. The molecule has 2 aromatic rings. The van der Waals surface area contributed by atoms with E-state index >= 15 is 0 Å². The van der Waals surface area contributed by atoms with Crippen LogP contribution in [0.1, 0.15) is 30.1 Å². The number of esters is 1. The number of unbranched alkanes of at least 4 members (excludes halogenated alkanes) is 1. The normalized spacial score (nSPS) is 10.5. The first-order valence-electron chi connectivity index (χ1n) is 6.29. The fourth-order valence-electron chi connectivity index (χ4n) is 1.71. The number of ether oxygens (including phenoxy) is 1. The topological polar surface area (TPSA) is 95.1 Å². The second-order valence-corrected chi connectivity index (χ2v) is 4.98. The second kappa shape index (κ2) is 6.38. The van der Waals surface area contributed by atoms with E-state index in [4.69, 9.17) is 10.5 Å². The first-order valence-corrected chi connectivity index (χ1v) is 7.17. The van der Waals surface area contributed by atoms with Crippen LogP contribution in [0.4, 0.5) is 11.6 Å². The van der Waals surface area contributed by atoms with Crippen molar-refractivity contribution in [1.29, 1.82) is 0 Å². The molecule has 2 heterocycles. The summed E-state index contributed by atoms with van der Waals surface area (Å²) in [4.78, 5) is 16.0. The number of anilines is 2. The Bertz CT molecular complexity index is 579. The van der Waals surface area contributed by atoms with Gasteiger partial charge >= 0.3 is 5.97 Å². The molecule has 0 spiro atoms. The molecule has 8 heteroatoms. The lowest BCUT2D eigenvalue weighted by atomic mass is 10.3. The minimum Gasteiger partial charge on any atom is -0.465 e. The van der Waals surface area contributed by atoms with Crippen LogP contribution >= 0.6 is 11.3 Å². The highest BCUT2D eigenvalue weighted by atomic mass is 32.1. The van der Waals surface area contributed by atoms with Crippen LogP contribution in [-0.2, 0) is 4.74 Å². The molecule has 20 heavy (non-hydrogen) atoms. The molecule has 2 aromatic heterocycles. The molecule has 0 aromatic carbocycles. The molecule has 0 fully saturated rings. The number of carbonyl (C=O) groups is 1. The third-order valence-corrected chi connectivity index (χ3v) is 3.48. The van der Waals surface area contributed by atoms with Gasteiger partial charge in [-0.3, -0.25) is 0 Å². The van der Waals surface area contributed by atoms with Crippen molar-refractivity contribution >= 4 is 28.9 Å². The van der Waals surface area contributed by atoms with Crippen LogP contribution in [0.5, 0.6) is 0 Å². The van der Waals surface area contributed by atoms with Gasteiger partial charge in [-0.05, 0) is 6.42 Å². The molecule has 0 amide bonds. The molecule has 108 valence electrons. The quantitative estimate of drug-likeness (QED) is 0.624. The van der Waals surface area contributed by atoms with E-state index in [9.17, 15) is 4.79 Å². The smallest absolute Gasteiger partial charge is 0.345 e. The Labute approximate surface area is 120 Å². The van der Waals surface area contributed by atoms with E-state index in [2.05, 4.69) is 22.3 Å². The SMILES string of the molecule is CCCCNc1nn(-c2nccs2)c(N)c1C(=O)OC. The first kappa shape index (κ1) is 14.3. The molecule has 0 unspecified atom stereocenters. The molecule has 7 nitrogen and oxygen atoms in total. The molecule has 0 bridgehead atoms. The van der Waals surface area contributed by atoms with E-state index in [-0.39, 0.29) is 11.4 Å². The third kappa shape index (κ3) is 2.74. The van der Waals surface area contributed by atoms with Crippen LogP contribution in [-0.4, -0.2) is 34.4 Å². The number of rotatable bonds is 6. The van der Waals surface area contributed by atoms with E-state index < -0.39 is 5.97 Å². The molecule has 0 radical (unpaired) electrons. The molecule has 0 atom stereocenters. The van der Waals surface area contributed by atoms with E-state index in [0.29, 0.717) is 10.9 Å². The van der Waals surface area contributed by atoms with Gasteiger partial charge in [-0.1, -0.05) is 13.3 Å². The average Bonchev–Trinajstić information content (AvgIpc) is 3.06. The van der Waals surface area contributed by atoms with Crippen LogP contribution < -0.4 is 11.1 Å². The summed E-state index contributed by atoms with van der Waals surface area (Å²) >= 11 is 1.39. The number of thiazole rings is 1. The summed E-state index contributed by atoms with van der Waals surface area (Å²) in [6.45, 7) is 2.81. The van der Waals surface area contributed by atoms with Gasteiger partial charge < -0.3 is 15.8 Å². The minimum absolute atomic E-state index is 0.228. The number of nitrogens with one attached hydrogen (secondary N) is 1. The van der Waals surface area contributed by atoms with Gasteiger partial charge in [0, 0.05) is 18.1 Å². The minimum atomic E-state index is -0.510. The van der Waals surface area contributed by atoms with Gasteiger partial charge in [-0.15, -0.1) is 16.4 Å². The Hall–Kier alpha value is -2.09. The van der Waals surface area contributed by atoms with Crippen LogP contribution in [0, 0.1) is 0 Å². The standard InChI is InChI=1S/C12H17N5O2S/c1-3-4-5-14-10-8(11(18)19-2)9(13)17(16-10)12-15-6-7-20-12/h6-7H,3-5,13H2,1-2H3,(H,14,16). The fraction of sp³-hybridized carbons (Fsp3) is 0.417. The predicted octanol–water partition coefficient (Wildman–Crippen LogP) is 1.91. The molecule has 0 saturated heterocycles. The second-order valence-electron chi connectivity index (χ2n) is 4.11. The number of nitrogen functional groups attached to an aromatic ring is 1. The van der Waals surface area contributed by atoms with Gasteiger partial charge in [0.15, 0.2) is 5.82 Å². The zero-order valence-corrected chi connectivity index (χ0v) is 12.2. The van der Waals surface area contributed by atoms with Crippen molar-refractivity contribution in [3.8, 4) is 5.13 Å². The number of nitrogens with zero attached hydrogens (tertiary/aromatic N) is 3. The summed E-state index contributed by atoms with van der Waals surface area (Å²) < 4.78 is 6.22. The highest BCUT2D eigenvalue weighted by Gasteiger charge is 2.24.